The second-order valence-electron chi connectivity index (χ2n) is 8.20. The van der Waals surface area contributed by atoms with Gasteiger partial charge in [0.1, 0.15) is 11.4 Å². The number of aliphatic hydroxyl groups is 1. The van der Waals surface area contributed by atoms with E-state index in [2.05, 4.69) is 9.88 Å². The summed E-state index contributed by atoms with van der Waals surface area (Å²) in [6.45, 7) is 1.70. The van der Waals surface area contributed by atoms with Crippen molar-refractivity contribution in [3.63, 3.8) is 0 Å². The van der Waals surface area contributed by atoms with Crippen LogP contribution in [0.15, 0.2) is 36.5 Å². The first kappa shape index (κ1) is 22.8. The zero-order valence-electron chi connectivity index (χ0n) is 17.4. The van der Waals surface area contributed by atoms with Crippen molar-refractivity contribution in [1.82, 2.24) is 14.8 Å². The molecule has 2 aliphatic heterocycles. The molecule has 1 amide bonds. The maximum atomic E-state index is 13.0. The summed E-state index contributed by atoms with van der Waals surface area (Å²) < 4.78 is 43.6. The number of piperidine rings is 1. The first-order valence-electron chi connectivity index (χ1n) is 10.2. The summed E-state index contributed by atoms with van der Waals surface area (Å²) in [5.74, 6) is 0.252. The Morgan fingerprint density at radius 3 is 2.72 bits per heavy atom. The summed E-state index contributed by atoms with van der Waals surface area (Å²) in [5.41, 5.74) is -1.57. The molecule has 4 rings (SSSR count). The Kier molecular flexibility index (Phi) is 6.08. The average molecular weight is 470 g/mol. The van der Waals surface area contributed by atoms with E-state index in [4.69, 9.17) is 16.3 Å². The van der Waals surface area contributed by atoms with Gasteiger partial charge in [-0.2, -0.15) is 13.2 Å². The van der Waals surface area contributed by atoms with E-state index in [-0.39, 0.29) is 29.2 Å². The molecule has 2 fully saturated rings. The highest BCUT2D eigenvalue weighted by Crippen LogP contribution is 2.37. The third kappa shape index (κ3) is 4.29. The fraction of sp³-hybridized carbons (Fsp3) is 0.455. The predicted molar refractivity (Wildman–Crippen MR) is 112 cm³/mol. The Balaban J connectivity index is 1.45. The van der Waals surface area contributed by atoms with Gasteiger partial charge in [-0.1, -0.05) is 17.7 Å². The summed E-state index contributed by atoms with van der Waals surface area (Å²) in [5, 5.41) is 11.4. The molecule has 0 spiro atoms. The van der Waals surface area contributed by atoms with Crippen LogP contribution in [0.3, 0.4) is 0 Å². The van der Waals surface area contributed by atoms with Gasteiger partial charge in [0, 0.05) is 38.4 Å². The summed E-state index contributed by atoms with van der Waals surface area (Å²) in [6, 6.07) is 7.29. The highest BCUT2D eigenvalue weighted by molar-refractivity contribution is 6.35. The molecule has 0 radical (unpaired) electrons. The molecule has 1 aromatic heterocycles. The molecule has 0 unspecified atom stereocenters. The lowest BCUT2D eigenvalue weighted by molar-refractivity contribution is -0.138. The molecule has 10 heteroatoms. The summed E-state index contributed by atoms with van der Waals surface area (Å²) in [6.07, 6.45) is -2.79. The Morgan fingerprint density at radius 1 is 1.28 bits per heavy atom. The van der Waals surface area contributed by atoms with Gasteiger partial charge in [0.2, 0.25) is 0 Å². The van der Waals surface area contributed by atoms with Crippen molar-refractivity contribution < 1.29 is 27.8 Å². The topological polar surface area (TPSA) is 65.9 Å². The SMILES string of the molecule is COc1cccc(C(=O)N2CCN3C[C@@](O)(c4ccc(C(F)(F)F)cn4)CC[C@@H]3C2)c1Cl. The fourth-order valence-corrected chi connectivity index (χ4v) is 4.71. The molecular formula is C22H23ClF3N3O3. The van der Waals surface area contributed by atoms with Gasteiger partial charge in [0.15, 0.2) is 0 Å². The third-order valence-corrected chi connectivity index (χ3v) is 6.62. The molecule has 2 aromatic rings. The standard InChI is InChI=1S/C22H23ClF3N3O3/c1-32-17-4-2-3-16(19(17)23)20(30)28-9-10-29-13-21(31,8-7-15(29)12-28)18-6-5-14(11-27-18)22(24,25)26/h2-6,11,15,31H,7-10,12-13H2,1H3/t15-,21-/m1/s1. The Hall–Kier alpha value is -2.36. The third-order valence-electron chi connectivity index (χ3n) is 6.23. The molecule has 3 heterocycles. The van der Waals surface area contributed by atoms with Crippen molar-refractivity contribution in [1.29, 1.82) is 0 Å². The molecule has 6 nitrogen and oxygen atoms in total. The van der Waals surface area contributed by atoms with Crippen molar-refractivity contribution >= 4 is 17.5 Å². The largest absolute Gasteiger partial charge is 0.495 e. The highest BCUT2D eigenvalue weighted by atomic mass is 35.5. The Labute approximate surface area is 188 Å². The van der Waals surface area contributed by atoms with E-state index in [9.17, 15) is 23.1 Å². The number of carbonyl (C=O) groups is 1. The quantitative estimate of drug-likeness (QED) is 0.744. The maximum absolute atomic E-state index is 13.0. The van der Waals surface area contributed by atoms with Crippen molar-refractivity contribution in [2.75, 3.05) is 33.3 Å². The molecule has 0 saturated carbocycles. The summed E-state index contributed by atoms with van der Waals surface area (Å²) in [4.78, 5) is 20.7. The number of hydrogen-bond acceptors (Lipinski definition) is 5. The lowest BCUT2D eigenvalue weighted by atomic mass is 9.84. The molecule has 172 valence electrons. The highest BCUT2D eigenvalue weighted by Gasteiger charge is 2.43. The smallest absolute Gasteiger partial charge is 0.417 e. The molecule has 0 aliphatic carbocycles. The molecular weight excluding hydrogens is 447 g/mol. The summed E-state index contributed by atoms with van der Waals surface area (Å²) >= 11 is 6.31. The zero-order chi connectivity index (χ0) is 23.1. The number of nitrogens with zero attached hydrogens (tertiary/aromatic N) is 3. The van der Waals surface area contributed by atoms with Crippen LogP contribution >= 0.6 is 11.6 Å². The molecule has 1 N–H and O–H groups in total. The van der Waals surface area contributed by atoms with E-state index in [1.54, 1.807) is 23.1 Å². The first-order valence-corrected chi connectivity index (χ1v) is 10.6. The minimum atomic E-state index is -4.47. The van der Waals surface area contributed by atoms with E-state index in [0.29, 0.717) is 43.8 Å². The van der Waals surface area contributed by atoms with Gasteiger partial charge in [-0.25, -0.2) is 0 Å². The Bertz CT molecular complexity index is 1000. The molecule has 2 atom stereocenters. The molecule has 2 aliphatic rings. The number of ether oxygens (including phenoxy) is 1. The number of pyridine rings is 1. The molecule has 1 aromatic carbocycles. The number of carbonyl (C=O) groups excluding carboxylic acids is 1. The van der Waals surface area contributed by atoms with Crippen LogP contribution < -0.4 is 4.74 Å². The predicted octanol–water partition coefficient (Wildman–Crippen LogP) is 3.57. The van der Waals surface area contributed by atoms with Crippen LogP contribution in [0.5, 0.6) is 5.75 Å². The number of hydrogen-bond donors (Lipinski definition) is 1. The molecule has 0 bridgehead atoms. The molecule has 32 heavy (non-hydrogen) atoms. The van der Waals surface area contributed by atoms with Crippen LogP contribution in [0.4, 0.5) is 13.2 Å². The van der Waals surface area contributed by atoms with Gasteiger partial charge >= 0.3 is 6.18 Å². The van der Waals surface area contributed by atoms with E-state index in [1.165, 1.54) is 13.2 Å². The zero-order valence-corrected chi connectivity index (χ0v) is 18.2. The van der Waals surface area contributed by atoms with Crippen LogP contribution in [0.25, 0.3) is 0 Å². The van der Waals surface area contributed by atoms with Crippen molar-refractivity contribution in [3.8, 4) is 5.75 Å². The number of methoxy groups -OCH3 is 1. The lowest BCUT2D eigenvalue weighted by Crippen LogP contribution is -2.60. The minimum absolute atomic E-state index is 0.0341. The minimum Gasteiger partial charge on any atom is -0.495 e. The lowest BCUT2D eigenvalue weighted by Gasteiger charge is -2.49. The maximum Gasteiger partial charge on any atom is 0.417 e. The number of piperazine rings is 1. The van der Waals surface area contributed by atoms with Gasteiger partial charge in [-0.15, -0.1) is 0 Å². The van der Waals surface area contributed by atoms with Crippen LogP contribution in [-0.2, 0) is 11.8 Å². The van der Waals surface area contributed by atoms with Crippen molar-refractivity contribution in [3.05, 3.63) is 58.4 Å². The van der Waals surface area contributed by atoms with Crippen LogP contribution in [0.2, 0.25) is 5.02 Å². The van der Waals surface area contributed by atoms with Crippen molar-refractivity contribution in [2.24, 2.45) is 0 Å². The fourth-order valence-electron chi connectivity index (χ4n) is 4.43. The van der Waals surface area contributed by atoms with E-state index >= 15 is 0 Å². The normalized spacial score (nSPS) is 24.2. The van der Waals surface area contributed by atoms with Gasteiger partial charge < -0.3 is 14.7 Å². The second-order valence-corrected chi connectivity index (χ2v) is 8.58. The first-order chi connectivity index (χ1) is 15.1. The van der Waals surface area contributed by atoms with Crippen LogP contribution in [0.1, 0.15) is 34.5 Å². The van der Waals surface area contributed by atoms with Crippen LogP contribution in [0, 0.1) is 0 Å². The number of alkyl halides is 3. The molecule has 2 saturated heterocycles. The van der Waals surface area contributed by atoms with E-state index in [1.807, 2.05) is 0 Å². The second kappa shape index (κ2) is 8.53. The number of benzene rings is 1. The number of halogens is 4. The Morgan fingerprint density at radius 2 is 2.06 bits per heavy atom. The monoisotopic (exact) mass is 469 g/mol. The number of amides is 1. The van der Waals surface area contributed by atoms with E-state index in [0.717, 1.165) is 12.3 Å². The average Bonchev–Trinajstić information content (AvgIpc) is 2.78. The number of aromatic nitrogens is 1. The number of fused-ring (bicyclic) bond motifs is 1. The van der Waals surface area contributed by atoms with Gasteiger partial charge in [-0.3, -0.25) is 14.7 Å². The van der Waals surface area contributed by atoms with Crippen LogP contribution in [-0.4, -0.2) is 65.1 Å². The van der Waals surface area contributed by atoms with E-state index < -0.39 is 17.3 Å². The number of rotatable bonds is 3. The van der Waals surface area contributed by atoms with Gasteiger partial charge in [0.25, 0.3) is 5.91 Å². The van der Waals surface area contributed by atoms with Gasteiger partial charge in [-0.05, 0) is 37.1 Å². The van der Waals surface area contributed by atoms with Crippen molar-refractivity contribution in [2.45, 2.75) is 30.7 Å². The summed E-state index contributed by atoms with van der Waals surface area (Å²) in [7, 11) is 1.49. The van der Waals surface area contributed by atoms with Gasteiger partial charge in [0.05, 0.1) is 29.0 Å².